The highest BCUT2D eigenvalue weighted by Crippen LogP contribution is 2.21. The van der Waals surface area contributed by atoms with Gasteiger partial charge in [0.25, 0.3) is 0 Å². The summed E-state index contributed by atoms with van der Waals surface area (Å²) in [7, 11) is 3.90. The van der Waals surface area contributed by atoms with Crippen LogP contribution in [0.5, 0.6) is 0 Å². The summed E-state index contributed by atoms with van der Waals surface area (Å²) >= 11 is 0. The molecule has 0 amide bonds. The molecule has 0 unspecified atom stereocenters. The average molecular weight is 188 g/mol. The zero-order valence-corrected chi connectivity index (χ0v) is 8.52. The van der Waals surface area contributed by atoms with Crippen LogP contribution in [0.3, 0.4) is 0 Å². The topological polar surface area (TPSA) is 41.9 Å². The van der Waals surface area contributed by atoms with Gasteiger partial charge in [-0.1, -0.05) is 0 Å². The van der Waals surface area contributed by atoms with E-state index in [-0.39, 0.29) is 0 Å². The predicted molar refractivity (Wildman–Crippen MR) is 56.4 cm³/mol. The van der Waals surface area contributed by atoms with Crippen LogP contribution in [0, 0.1) is 6.92 Å². The summed E-state index contributed by atoms with van der Waals surface area (Å²) in [5.41, 5.74) is 1.79. The van der Waals surface area contributed by atoms with Crippen LogP contribution in [0.4, 0.5) is 5.82 Å². The number of anilines is 1. The Hall–Kier alpha value is -1.71. The first-order chi connectivity index (χ1) is 6.70. The van der Waals surface area contributed by atoms with Crippen molar-refractivity contribution >= 4 is 16.7 Å². The van der Waals surface area contributed by atoms with Crippen LogP contribution in [-0.4, -0.2) is 29.3 Å². The smallest absolute Gasteiger partial charge is 0.160 e. The van der Waals surface area contributed by atoms with Crippen molar-refractivity contribution in [2.24, 2.45) is 0 Å². The number of aromatic nitrogens is 3. The van der Waals surface area contributed by atoms with Crippen molar-refractivity contribution < 1.29 is 0 Å². The second-order valence-corrected chi connectivity index (χ2v) is 3.40. The molecule has 0 aliphatic rings. The van der Waals surface area contributed by atoms with E-state index < -0.39 is 0 Å². The summed E-state index contributed by atoms with van der Waals surface area (Å²) in [5, 5.41) is 9.26. The third-order valence-electron chi connectivity index (χ3n) is 2.11. The van der Waals surface area contributed by atoms with Gasteiger partial charge in [-0.05, 0) is 19.1 Å². The normalized spacial score (nSPS) is 10.5. The number of aryl methyl sites for hydroxylation is 1. The van der Waals surface area contributed by atoms with Gasteiger partial charge < -0.3 is 4.90 Å². The van der Waals surface area contributed by atoms with E-state index >= 15 is 0 Å². The van der Waals surface area contributed by atoms with Gasteiger partial charge in [0, 0.05) is 25.7 Å². The Morgan fingerprint density at radius 3 is 2.71 bits per heavy atom. The van der Waals surface area contributed by atoms with Crippen LogP contribution in [-0.2, 0) is 0 Å². The summed E-state index contributed by atoms with van der Waals surface area (Å²) < 4.78 is 0. The molecule has 0 radical (unpaired) electrons. The first-order valence-corrected chi connectivity index (χ1v) is 4.45. The third-order valence-corrected chi connectivity index (χ3v) is 2.11. The van der Waals surface area contributed by atoms with Crippen LogP contribution >= 0.6 is 0 Å². The second-order valence-electron chi connectivity index (χ2n) is 3.40. The maximum Gasteiger partial charge on any atom is 0.160 e. The zero-order chi connectivity index (χ0) is 10.1. The Labute approximate surface area is 82.6 Å². The van der Waals surface area contributed by atoms with E-state index in [0.29, 0.717) is 0 Å². The highest BCUT2D eigenvalue weighted by atomic mass is 15.2. The van der Waals surface area contributed by atoms with E-state index in [2.05, 4.69) is 15.2 Å². The van der Waals surface area contributed by atoms with Crippen molar-refractivity contribution in [1.29, 1.82) is 0 Å². The van der Waals surface area contributed by atoms with Crippen molar-refractivity contribution in [2.75, 3.05) is 19.0 Å². The molecule has 0 N–H and O–H groups in total. The molecule has 2 rings (SSSR count). The lowest BCUT2D eigenvalue weighted by Gasteiger charge is -2.13. The molecule has 72 valence electrons. The fraction of sp³-hybridized carbons (Fsp3) is 0.300. The molecule has 14 heavy (non-hydrogen) atoms. The van der Waals surface area contributed by atoms with E-state index in [1.54, 1.807) is 6.20 Å². The van der Waals surface area contributed by atoms with Gasteiger partial charge in [0.1, 0.15) is 0 Å². The molecule has 4 nitrogen and oxygen atoms in total. The fourth-order valence-corrected chi connectivity index (χ4v) is 1.43. The Morgan fingerprint density at radius 1 is 1.21 bits per heavy atom. The van der Waals surface area contributed by atoms with Crippen LogP contribution in [0.25, 0.3) is 10.9 Å². The molecule has 2 heterocycles. The molecule has 0 spiro atoms. The molecule has 0 saturated heterocycles. The highest BCUT2D eigenvalue weighted by molar-refractivity contribution is 5.90. The minimum absolute atomic E-state index is 0.860. The maximum absolute atomic E-state index is 4.29. The van der Waals surface area contributed by atoms with Crippen molar-refractivity contribution in [3.8, 4) is 0 Å². The number of hydrogen-bond donors (Lipinski definition) is 0. The Morgan fingerprint density at radius 2 is 2.00 bits per heavy atom. The molecule has 2 aromatic heterocycles. The van der Waals surface area contributed by atoms with Crippen LogP contribution in [0.2, 0.25) is 0 Å². The van der Waals surface area contributed by atoms with Gasteiger partial charge in [-0.3, -0.25) is 4.98 Å². The number of hydrogen-bond acceptors (Lipinski definition) is 4. The van der Waals surface area contributed by atoms with E-state index in [0.717, 1.165) is 22.4 Å². The summed E-state index contributed by atoms with van der Waals surface area (Å²) in [5.74, 6) is 0.860. The largest absolute Gasteiger partial charge is 0.361 e. The lowest BCUT2D eigenvalue weighted by Crippen LogP contribution is -2.12. The Balaban J connectivity index is 2.82. The summed E-state index contributed by atoms with van der Waals surface area (Å²) in [6.45, 7) is 1.92. The molecule has 0 aromatic carbocycles. The van der Waals surface area contributed by atoms with Crippen molar-refractivity contribution in [3.63, 3.8) is 0 Å². The van der Waals surface area contributed by atoms with Crippen molar-refractivity contribution in [2.45, 2.75) is 6.92 Å². The quantitative estimate of drug-likeness (QED) is 0.678. The van der Waals surface area contributed by atoms with Gasteiger partial charge in [0.05, 0.1) is 11.2 Å². The highest BCUT2D eigenvalue weighted by Gasteiger charge is 2.07. The van der Waals surface area contributed by atoms with E-state index in [1.807, 2.05) is 38.1 Å². The van der Waals surface area contributed by atoms with Crippen LogP contribution < -0.4 is 4.90 Å². The monoisotopic (exact) mass is 188 g/mol. The van der Waals surface area contributed by atoms with Crippen LogP contribution in [0.15, 0.2) is 18.3 Å². The zero-order valence-electron chi connectivity index (χ0n) is 8.52. The lowest BCUT2D eigenvalue weighted by atomic mass is 10.2. The SMILES string of the molecule is Cc1nnc(N(C)C)c2cccnc12. The van der Waals surface area contributed by atoms with E-state index in [9.17, 15) is 0 Å². The molecule has 0 aliphatic carbocycles. The fourth-order valence-electron chi connectivity index (χ4n) is 1.43. The molecule has 2 aromatic rings. The second kappa shape index (κ2) is 3.21. The molecule has 0 fully saturated rings. The van der Waals surface area contributed by atoms with Crippen molar-refractivity contribution in [3.05, 3.63) is 24.0 Å². The van der Waals surface area contributed by atoms with Gasteiger partial charge in [0.15, 0.2) is 5.82 Å². The summed E-state index contributed by atoms with van der Waals surface area (Å²) in [6, 6.07) is 3.93. The Bertz CT molecular complexity index is 465. The predicted octanol–water partition coefficient (Wildman–Crippen LogP) is 1.40. The molecular formula is C10H12N4. The average Bonchev–Trinajstić information content (AvgIpc) is 2.18. The molecular weight excluding hydrogens is 176 g/mol. The van der Waals surface area contributed by atoms with Gasteiger partial charge in [-0.25, -0.2) is 0 Å². The van der Waals surface area contributed by atoms with Gasteiger partial charge >= 0.3 is 0 Å². The van der Waals surface area contributed by atoms with Gasteiger partial charge in [-0.15, -0.1) is 5.10 Å². The number of pyridine rings is 1. The summed E-state index contributed by atoms with van der Waals surface area (Å²) in [6.07, 6.45) is 1.77. The minimum atomic E-state index is 0.860. The van der Waals surface area contributed by atoms with E-state index in [4.69, 9.17) is 0 Å². The molecule has 0 bridgehead atoms. The number of nitrogens with zero attached hydrogens (tertiary/aromatic N) is 4. The third kappa shape index (κ3) is 1.28. The first-order valence-electron chi connectivity index (χ1n) is 4.45. The van der Waals surface area contributed by atoms with Crippen molar-refractivity contribution in [1.82, 2.24) is 15.2 Å². The first kappa shape index (κ1) is 8.87. The molecule has 4 heteroatoms. The Kier molecular flexibility index (Phi) is 2.04. The number of rotatable bonds is 1. The van der Waals surface area contributed by atoms with Gasteiger partial charge in [0.2, 0.25) is 0 Å². The maximum atomic E-state index is 4.29. The van der Waals surface area contributed by atoms with E-state index in [1.165, 1.54) is 0 Å². The molecule has 0 aliphatic heterocycles. The summed E-state index contributed by atoms with van der Waals surface area (Å²) in [4.78, 5) is 6.24. The van der Waals surface area contributed by atoms with Gasteiger partial charge in [-0.2, -0.15) is 5.10 Å². The standard InChI is InChI=1S/C10H12N4/c1-7-9-8(5-4-6-11-9)10(13-12-7)14(2)3/h4-6H,1-3H3. The molecule has 0 atom stereocenters. The number of fused-ring (bicyclic) bond motifs is 1. The van der Waals surface area contributed by atoms with Crippen LogP contribution in [0.1, 0.15) is 5.69 Å². The minimum Gasteiger partial charge on any atom is -0.361 e. The molecule has 0 saturated carbocycles. The lowest BCUT2D eigenvalue weighted by molar-refractivity contribution is 0.949.